The van der Waals surface area contributed by atoms with E-state index in [2.05, 4.69) is 5.32 Å². The van der Waals surface area contributed by atoms with Crippen LogP contribution in [0.1, 0.15) is 12.8 Å². The molecule has 6 nitrogen and oxygen atoms in total. The van der Waals surface area contributed by atoms with E-state index in [9.17, 15) is 22.0 Å². The normalized spacial score (nSPS) is 15.7. The molecule has 0 aromatic heterocycles. The number of halogens is 2. The molecule has 0 atom stereocenters. The number of amides is 1. The third-order valence-corrected chi connectivity index (χ3v) is 7.19. The second kappa shape index (κ2) is 9.53. The Morgan fingerprint density at radius 3 is 2.47 bits per heavy atom. The highest BCUT2D eigenvalue weighted by Gasteiger charge is 2.33. The first kappa shape index (κ1) is 22.2. The zero-order valence-electron chi connectivity index (χ0n) is 16.7. The summed E-state index contributed by atoms with van der Waals surface area (Å²) in [6.07, 6.45) is 0.660. The Balaban J connectivity index is 1.50. The topological polar surface area (TPSA) is 69.7 Å². The molecule has 162 valence electrons. The summed E-state index contributed by atoms with van der Waals surface area (Å²) in [6.45, 7) is 1.28. The predicted molar refractivity (Wildman–Crippen MR) is 111 cm³/mol. The molecule has 0 aliphatic carbocycles. The van der Waals surface area contributed by atoms with E-state index in [0.29, 0.717) is 32.0 Å². The zero-order chi connectivity index (χ0) is 21.7. The van der Waals surface area contributed by atoms with Gasteiger partial charge in [-0.2, -0.15) is 4.31 Å². The fourth-order valence-corrected chi connectivity index (χ4v) is 5.02. The summed E-state index contributed by atoms with van der Waals surface area (Å²) < 4.78 is 53.7. The van der Waals surface area contributed by atoms with E-state index in [1.165, 1.54) is 0 Å². The summed E-state index contributed by atoms with van der Waals surface area (Å²) in [6, 6.07) is 12.2. The van der Waals surface area contributed by atoms with E-state index in [-0.39, 0.29) is 24.9 Å². The highest BCUT2D eigenvalue weighted by Crippen LogP contribution is 2.26. The number of hydrogen-bond acceptors (Lipinski definition) is 4. The average molecular weight is 438 g/mol. The van der Waals surface area contributed by atoms with Crippen molar-refractivity contribution in [3.05, 3.63) is 60.2 Å². The number of likely N-dealkylation sites (N-methyl/N-ethyl adjacent to an activating group) is 1. The summed E-state index contributed by atoms with van der Waals surface area (Å²) in [7, 11) is -2.20. The van der Waals surface area contributed by atoms with Crippen molar-refractivity contribution in [2.75, 3.05) is 38.1 Å². The van der Waals surface area contributed by atoms with Crippen LogP contribution in [-0.2, 0) is 14.8 Å². The van der Waals surface area contributed by atoms with Crippen LogP contribution in [0, 0.1) is 17.6 Å². The Morgan fingerprint density at radius 1 is 1.13 bits per heavy atom. The summed E-state index contributed by atoms with van der Waals surface area (Å²) in [5.74, 6) is -2.23. The van der Waals surface area contributed by atoms with Crippen molar-refractivity contribution in [3.8, 4) is 0 Å². The summed E-state index contributed by atoms with van der Waals surface area (Å²) in [4.78, 5) is 13.8. The van der Waals surface area contributed by atoms with E-state index in [0.717, 1.165) is 22.1 Å². The first-order chi connectivity index (χ1) is 14.3. The van der Waals surface area contributed by atoms with E-state index >= 15 is 0 Å². The van der Waals surface area contributed by atoms with Crippen LogP contribution in [0.3, 0.4) is 0 Å². The van der Waals surface area contributed by atoms with Crippen LogP contribution >= 0.6 is 0 Å². The van der Waals surface area contributed by atoms with Gasteiger partial charge < -0.3 is 10.2 Å². The van der Waals surface area contributed by atoms with Crippen molar-refractivity contribution in [2.24, 2.45) is 5.92 Å². The molecule has 1 heterocycles. The molecule has 0 spiro atoms. The smallest absolute Gasteiger partial charge is 0.246 e. The molecule has 3 rings (SSSR count). The third-order valence-electron chi connectivity index (χ3n) is 5.28. The Hall–Kier alpha value is -2.52. The van der Waals surface area contributed by atoms with Crippen LogP contribution in [0.15, 0.2) is 53.4 Å². The molecule has 1 saturated heterocycles. The molecule has 30 heavy (non-hydrogen) atoms. The van der Waals surface area contributed by atoms with Crippen LogP contribution in [-0.4, -0.2) is 51.9 Å². The highest BCUT2D eigenvalue weighted by molar-refractivity contribution is 7.89. The van der Waals surface area contributed by atoms with Gasteiger partial charge in [-0.05, 0) is 43.2 Å². The molecule has 1 amide bonds. The number of nitrogens with zero attached hydrogens (tertiary/aromatic N) is 2. The fourth-order valence-electron chi connectivity index (χ4n) is 3.48. The average Bonchev–Trinajstić information content (AvgIpc) is 2.76. The van der Waals surface area contributed by atoms with Crippen LogP contribution < -0.4 is 10.2 Å². The van der Waals surface area contributed by atoms with Gasteiger partial charge in [0.2, 0.25) is 15.9 Å². The number of anilines is 1. The van der Waals surface area contributed by atoms with Gasteiger partial charge in [0.15, 0.2) is 0 Å². The van der Waals surface area contributed by atoms with Crippen LogP contribution in [0.4, 0.5) is 14.5 Å². The second-order valence-electron chi connectivity index (χ2n) is 7.30. The SMILES string of the molecule is CN(CCNC(=O)C1CCN(S(=O)(=O)c2cc(F)ccc2F)CC1)c1ccccc1. The number of rotatable bonds is 7. The molecule has 0 saturated carbocycles. The van der Waals surface area contributed by atoms with Gasteiger partial charge in [-0.25, -0.2) is 17.2 Å². The standard InChI is InChI=1S/C21H25F2N3O3S/c1-25(18-5-3-2-4-6-18)14-11-24-21(27)16-9-12-26(13-10-16)30(28,29)20-15-17(22)7-8-19(20)23/h2-8,15-16H,9-14H2,1H3,(H,24,27). The molecule has 0 unspecified atom stereocenters. The number of sulfonamides is 1. The van der Waals surface area contributed by atoms with E-state index < -0.39 is 26.6 Å². The molecule has 1 fully saturated rings. The summed E-state index contributed by atoms with van der Waals surface area (Å²) in [5.41, 5.74) is 1.05. The largest absolute Gasteiger partial charge is 0.373 e. The van der Waals surface area contributed by atoms with Crippen molar-refractivity contribution >= 4 is 21.6 Å². The van der Waals surface area contributed by atoms with E-state index in [1.807, 2.05) is 42.3 Å². The first-order valence-corrected chi connectivity index (χ1v) is 11.2. The van der Waals surface area contributed by atoms with Gasteiger partial charge in [-0.3, -0.25) is 4.79 Å². The lowest BCUT2D eigenvalue weighted by atomic mass is 9.97. The lowest BCUT2D eigenvalue weighted by molar-refractivity contribution is -0.126. The monoisotopic (exact) mass is 437 g/mol. The molecule has 0 radical (unpaired) electrons. The quantitative estimate of drug-likeness (QED) is 0.723. The zero-order valence-corrected chi connectivity index (χ0v) is 17.5. The van der Waals surface area contributed by atoms with Gasteiger partial charge in [-0.15, -0.1) is 0 Å². The maximum atomic E-state index is 13.9. The van der Waals surface area contributed by atoms with Gasteiger partial charge in [0.05, 0.1) is 0 Å². The third kappa shape index (κ3) is 5.14. The summed E-state index contributed by atoms with van der Waals surface area (Å²) >= 11 is 0. The molecular weight excluding hydrogens is 412 g/mol. The number of benzene rings is 2. The lowest BCUT2D eigenvalue weighted by Gasteiger charge is -2.30. The fraction of sp³-hybridized carbons (Fsp3) is 0.381. The predicted octanol–water partition coefficient (Wildman–Crippen LogP) is 2.62. The Morgan fingerprint density at radius 2 is 1.80 bits per heavy atom. The molecule has 2 aromatic rings. The van der Waals surface area contributed by atoms with Crippen LogP contribution in [0.25, 0.3) is 0 Å². The molecule has 0 bridgehead atoms. The van der Waals surface area contributed by atoms with Crippen molar-refractivity contribution in [3.63, 3.8) is 0 Å². The minimum Gasteiger partial charge on any atom is -0.373 e. The highest BCUT2D eigenvalue weighted by atomic mass is 32.2. The number of para-hydroxylation sites is 1. The lowest BCUT2D eigenvalue weighted by Crippen LogP contribution is -2.44. The minimum atomic E-state index is -4.14. The second-order valence-corrected chi connectivity index (χ2v) is 9.21. The number of carbonyl (C=O) groups excluding carboxylic acids is 1. The molecule has 9 heteroatoms. The van der Waals surface area contributed by atoms with Crippen LogP contribution in [0.2, 0.25) is 0 Å². The molecular formula is C21H25F2N3O3S. The van der Waals surface area contributed by atoms with Crippen molar-refractivity contribution in [2.45, 2.75) is 17.7 Å². The number of hydrogen-bond donors (Lipinski definition) is 1. The number of piperidine rings is 1. The van der Waals surface area contributed by atoms with Gasteiger partial charge in [-0.1, -0.05) is 18.2 Å². The van der Waals surface area contributed by atoms with E-state index in [1.54, 1.807) is 0 Å². The maximum Gasteiger partial charge on any atom is 0.246 e. The van der Waals surface area contributed by atoms with Gasteiger partial charge in [0.25, 0.3) is 0 Å². The Labute approximate surface area is 175 Å². The molecule has 1 aliphatic heterocycles. The van der Waals surface area contributed by atoms with E-state index in [4.69, 9.17) is 0 Å². The summed E-state index contributed by atoms with van der Waals surface area (Å²) in [5, 5.41) is 2.90. The minimum absolute atomic E-state index is 0.0836. The van der Waals surface area contributed by atoms with Gasteiger partial charge in [0.1, 0.15) is 16.5 Å². The van der Waals surface area contributed by atoms with Crippen molar-refractivity contribution < 1.29 is 22.0 Å². The molecule has 2 aromatic carbocycles. The first-order valence-electron chi connectivity index (χ1n) is 9.78. The Kier molecular flexibility index (Phi) is 7.04. The Bertz CT molecular complexity index is 978. The maximum absolute atomic E-state index is 13.9. The number of nitrogens with one attached hydrogen (secondary N) is 1. The van der Waals surface area contributed by atoms with Crippen LogP contribution in [0.5, 0.6) is 0 Å². The molecule has 1 aliphatic rings. The van der Waals surface area contributed by atoms with Crippen molar-refractivity contribution in [1.82, 2.24) is 9.62 Å². The van der Waals surface area contributed by atoms with Crippen molar-refractivity contribution in [1.29, 1.82) is 0 Å². The molecule has 1 N–H and O–H groups in total. The van der Waals surface area contributed by atoms with Gasteiger partial charge in [0, 0.05) is 44.8 Å². The number of carbonyl (C=O) groups is 1. The van der Waals surface area contributed by atoms with Gasteiger partial charge >= 0.3 is 0 Å².